The zero-order valence-corrected chi connectivity index (χ0v) is 19.9. The van der Waals surface area contributed by atoms with Crippen LogP contribution in [0.2, 0.25) is 0 Å². The number of carbonyl (C=O) groups excluding carboxylic acids is 1. The van der Waals surface area contributed by atoms with Crippen LogP contribution in [0.1, 0.15) is 30.5 Å². The van der Waals surface area contributed by atoms with Gasteiger partial charge in [-0.25, -0.2) is 4.39 Å². The molecule has 1 aliphatic rings. The first-order chi connectivity index (χ1) is 16.2. The fourth-order valence-corrected chi connectivity index (χ4v) is 4.64. The van der Waals surface area contributed by atoms with Gasteiger partial charge >= 0.3 is 6.18 Å². The monoisotopic (exact) mass is 518 g/mol. The quantitative estimate of drug-likeness (QED) is 0.444. The van der Waals surface area contributed by atoms with Crippen molar-refractivity contribution in [3.63, 3.8) is 0 Å². The normalized spacial score (nSPS) is 19.6. The Labute approximate surface area is 201 Å². The lowest BCUT2D eigenvalue weighted by molar-refractivity contribution is -0.140. The second kappa shape index (κ2) is 10.5. The van der Waals surface area contributed by atoms with Crippen LogP contribution in [-0.2, 0) is 33.4 Å². The summed E-state index contributed by atoms with van der Waals surface area (Å²) < 4.78 is 89.3. The molecule has 12 heteroatoms. The van der Waals surface area contributed by atoms with Crippen LogP contribution in [0.3, 0.4) is 0 Å². The molecule has 0 saturated carbocycles. The van der Waals surface area contributed by atoms with Crippen molar-refractivity contribution in [3.8, 4) is 5.75 Å². The van der Waals surface area contributed by atoms with E-state index in [0.29, 0.717) is 31.8 Å². The van der Waals surface area contributed by atoms with Crippen molar-refractivity contribution in [1.29, 1.82) is 0 Å². The molecule has 1 aliphatic heterocycles. The maximum Gasteiger partial charge on any atom is 0.416 e. The van der Waals surface area contributed by atoms with Crippen LogP contribution in [0.5, 0.6) is 5.75 Å². The Balaban J connectivity index is 1.66. The summed E-state index contributed by atoms with van der Waals surface area (Å²) in [4.78, 5) is 16.6. The van der Waals surface area contributed by atoms with E-state index >= 15 is 0 Å². The molecule has 0 aliphatic carbocycles. The number of halogens is 4. The zero-order chi connectivity index (χ0) is 26.0. The SMILES string of the molecule is C[C@@H]1CN(Cc2ccc(F)cc2)[C@@H](C)CN1C(=O)COc1ccc(C(F)(F)F)cc1CS(=O)(=O)O. The lowest BCUT2D eigenvalue weighted by Gasteiger charge is -2.44. The van der Waals surface area contributed by atoms with E-state index in [9.17, 15) is 30.8 Å². The van der Waals surface area contributed by atoms with Crippen molar-refractivity contribution in [2.24, 2.45) is 0 Å². The molecule has 2 aromatic carbocycles. The smallest absolute Gasteiger partial charge is 0.416 e. The molecule has 2 aromatic rings. The van der Waals surface area contributed by atoms with Crippen molar-refractivity contribution >= 4 is 16.0 Å². The van der Waals surface area contributed by atoms with Gasteiger partial charge in [0.25, 0.3) is 16.0 Å². The number of ether oxygens (including phenoxy) is 1. The number of hydrogen-bond donors (Lipinski definition) is 1. The minimum Gasteiger partial charge on any atom is -0.483 e. The van der Waals surface area contributed by atoms with Crippen LogP contribution in [0.15, 0.2) is 42.5 Å². The van der Waals surface area contributed by atoms with E-state index in [0.717, 1.165) is 11.6 Å². The van der Waals surface area contributed by atoms with Gasteiger partial charge in [-0.15, -0.1) is 0 Å². The Morgan fingerprint density at radius 3 is 2.34 bits per heavy atom. The summed E-state index contributed by atoms with van der Waals surface area (Å²) in [5.41, 5.74) is -0.572. The molecule has 0 bridgehead atoms. The molecule has 0 aromatic heterocycles. The molecule has 1 fully saturated rings. The van der Waals surface area contributed by atoms with Crippen molar-refractivity contribution in [1.82, 2.24) is 9.80 Å². The average molecular weight is 519 g/mol. The fraction of sp³-hybridized carbons (Fsp3) is 0.435. The highest BCUT2D eigenvalue weighted by atomic mass is 32.2. The maximum absolute atomic E-state index is 13.2. The number of carbonyl (C=O) groups is 1. The minimum absolute atomic E-state index is 0.0265. The standard InChI is InChI=1S/C23H26F4N2O5S/c1-15-11-29(16(2)10-28(15)12-17-3-6-20(24)7-4-17)22(30)13-34-21-8-5-19(23(25,26)27)9-18(21)14-35(31,32)33/h3-9,15-16H,10-14H2,1-2H3,(H,31,32,33)/t15-,16+/m0/s1. The Kier molecular flexibility index (Phi) is 8.07. The molecule has 0 spiro atoms. The molecule has 7 nitrogen and oxygen atoms in total. The molecule has 2 atom stereocenters. The van der Waals surface area contributed by atoms with Crippen molar-refractivity contribution in [3.05, 3.63) is 65.0 Å². The zero-order valence-electron chi connectivity index (χ0n) is 19.1. The number of piperazine rings is 1. The number of benzene rings is 2. The Hall–Kier alpha value is -2.70. The van der Waals surface area contributed by atoms with E-state index in [-0.39, 0.29) is 23.7 Å². The summed E-state index contributed by atoms with van der Waals surface area (Å²) in [7, 11) is -4.64. The molecule has 1 heterocycles. The molecule has 3 rings (SSSR count). The Morgan fingerprint density at radius 1 is 1.09 bits per heavy atom. The van der Waals surface area contributed by atoms with Crippen LogP contribution >= 0.6 is 0 Å². The van der Waals surface area contributed by atoms with E-state index in [1.807, 2.05) is 13.8 Å². The summed E-state index contributed by atoms with van der Waals surface area (Å²) >= 11 is 0. The van der Waals surface area contributed by atoms with E-state index in [4.69, 9.17) is 9.29 Å². The topological polar surface area (TPSA) is 87.2 Å². The third kappa shape index (κ3) is 7.39. The number of amides is 1. The van der Waals surface area contributed by atoms with Gasteiger partial charge in [0.15, 0.2) is 6.61 Å². The highest BCUT2D eigenvalue weighted by molar-refractivity contribution is 7.85. The third-order valence-corrected chi connectivity index (χ3v) is 6.49. The van der Waals surface area contributed by atoms with E-state index in [1.165, 1.54) is 12.1 Å². The van der Waals surface area contributed by atoms with E-state index in [2.05, 4.69) is 4.90 Å². The summed E-state index contributed by atoms with van der Waals surface area (Å²) in [5, 5.41) is 0. The summed E-state index contributed by atoms with van der Waals surface area (Å²) in [6, 6.07) is 8.17. The average Bonchev–Trinajstić information content (AvgIpc) is 2.74. The molecule has 1 amide bonds. The molecular weight excluding hydrogens is 492 g/mol. The van der Waals surface area contributed by atoms with E-state index in [1.54, 1.807) is 17.0 Å². The van der Waals surface area contributed by atoms with Crippen LogP contribution in [-0.4, -0.2) is 60.5 Å². The van der Waals surface area contributed by atoms with Gasteiger partial charge in [0, 0.05) is 37.3 Å². The first-order valence-electron chi connectivity index (χ1n) is 10.8. The van der Waals surface area contributed by atoms with Crippen LogP contribution < -0.4 is 4.74 Å². The lowest BCUT2D eigenvalue weighted by Crippen LogP contribution is -2.58. The highest BCUT2D eigenvalue weighted by Crippen LogP contribution is 2.33. The Bertz CT molecular complexity index is 1160. The second-order valence-corrected chi connectivity index (χ2v) is 10.1. The molecule has 0 unspecified atom stereocenters. The Morgan fingerprint density at radius 2 is 1.74 bits per heavy atom. The maximum atomic E-state index is 13.2. The number of rotatable bonds is 7. The molecule has 192 valence electrons. The van der Waals surface area contributed by atoms with Gasteiger partial charge < -0.3 is 9.64 Å². The molecule has 1 N–H and O–H groups in total. The third-order valence-electron chi connectivity index (χ3n) is 5.81. The highest BCUT2D eigenvalue weighted by Gasteiger charge is 2.33. The first kappa shape index (κ1) is 26.9. The molecular formula is C23H26F4N2O5S. The molecule has 0 radical (unpaired) electrons. The largest absolute Gasteiger partial charge is 0.483 e. The van der Waals surface area contributed by atoms with Crippen LogP contribution in [0.25, 0.3) is 0 Å². The number of alkyl halides is 3. The van der Waals surface area contributed by atoms with Gasteiger partial charge in [-0.2, -0.15) is 21.6 Å². The second-order valence-electron chi connectivity index (χ2n) is 8.64. The predicted octanol–water partition coefficient (Wildman–Crippen LogP) is 3.73. The van der Waals surface area contributed by atoms with E-state index < -0.39 is 45.7 Å². The summed E-state index contributed by atoms with van der Waals surface area (Å²) in [6.07, 6.45) is -4.72. The van der Waals surface area contributed by atoms with Crippen LogP contribution in [0, 0.1) is 5.82 Å². The van der Waals surface area contributed by atoms with Gasteiger partial charge in [0.2, 0.25) is 0 Å². The molecule has 35 heavy (non-hydrogen) atoms. The van der Waals surface area contributed by atoms with Gasteiger partial charge in [0.1, 0.15) is 17.3 Å². The first-order valence-corrected chi connectivity index (χ1v) is 12.4. The predicted molar refractivity (Wildman–Crippen MR) is 120 cm³/mol. The van der Waals surface area contributed by atoms with Gasteiger partial charge in [-0.05, 0) is 49.7 Å². The molecule has 1 saturated heterocycles. The fourth-order valence-electron chi connectivity index (χ4n) is 4.02. The number of hydrogen-bond acceptors (Lipinski definition) is 5. The van der Waals surface area contributed by atoms with Gasteiger partial charge in [0.05, 0.1) is 5.56 Å². The summed E-state index contributed by atoms with van der Waals surface area (Å²) in [6.45, 7) is 4.77. The number of nitrogens with zero attached hydrogens (tertiary/aromatic N) is 2. The van der Waals surface area contributed by atoms with Gasteiger partial charge in [-0.1, -0.05) is 12.1 Å². The lowest BCUT2D eigenvalue weighted by atomic mass is 10.1. The summed E-state index contributed by atoms with van der Waals surface area (Å²) in [5.74, 6) is -2.06. The van der Waals surface area contributed by atoms with Gasteiger partial charge in [-0.3, -0.25) is 14.2 Å². The van der Waals surface area contributed by atoms with Crippen LogP contribution in [0.4, 0.5) is 17.6 Å². The minimum atomic E-state index is -4.72. The van der Waals surface area contributed by atoms with Crippen molar-refractivity contribution in [2.45, 2.75) is 44.4 Å². The van der Waals surface area contributed by atoms with Crippen molar-refractivity contribution < 1.29 is 40.1 Å². The van der Waals surface area contributed by atoms with Crippen molar-refractivity contribution in [2.75, 3.05) is 19.7 Å².